The molecule has 0 bridgehead atoms. The summed E-state index contributed by atoms with van der Waals surface area (Å²) in [7, 11) is 0. The Morgan fingerprint density at radius 2 is 2.29 bits per heavy atom. The van der Waals surface area contributed by atoms with Crippen LogP contribution in [0, 0.1) is 5.21 Å². The van der Waals surface area contributed by atoms with Crippen molar-refractivity contribution in [3.05, 3.63) is 23.4 Å². The van der Waals surface area contributed by atoms with Gasteiger partial charge in [-0.15, -0.1) is 0 Å². The Labute approximate surface area is 96.9 Å². The highest BCUT2D eigenvalue weighted by atomic mass is 16.5. The monoisotopic (exact) mass is 231 g/mol. The highest BCUT2D eigenvalue weighted by molar-refractivity contribution is 6.03. The van der Waals surface area contributed by atoms with Crippen molar-refractivity contribution in [1.82, 2.24) is 0 Å². The number of hydrogen-bond acceptors (Lipinski definition) is 4. The van der Waals surface area contributed by atoms with Gasteiger partial charge in [0, 0.05) is 16.7 Å². The van der Waals surface area contributed by atoms with Crippen molar-refractivity contribution in [2.75, 3.05) is 5.32 Å². The van der Waals surface area contributed by atoms with Gasteiger partial charge in [0.15, 0.2) is 5.69 Å². The third kappa shape index (κ3) is 2.38. The number of nitrogens with one attached hydrogen (secondary N) is 1. The zero-order valence-corrected chi connectivity index (χ0v) is 9.06. The molecule has 6 heteroatoms. The van der Waals surface area contributed by atoms with Crippen LogP contribution in [0.2, 0.25) is 0 Å². The molecule has 1 aliphatic rings. The normalized spacial score (nSPS) is 11.9. The topological polar surface area (TPSA) is 84.6 Å². The molecule has 0 fully saturated rings. The van der Waals surface area contributed by atoms with Gasteiger partial charge in [0.1, 0.15) is 5.78 Å². The van der Waals surface area contributed by atoms with Crippen LogP contribution in [0.25, 0.3) is 0 Å². The minimum Gasteiger partial charge on any atom is -0.703 e. The molecule has 0 saturated carbocycles. The van der Waals surface area contributed by atoms with Crippen molar-refractivity contribution < 1.29 is 14.3 Å². The highest BCUT2D eigenvalue weighted by Crippen LogP contribution is 2.32. The summed E-state index contributed by atoms with van der Waals surface area (Å²) in [6.07, 6.45) is -0.167. The number of rotatable bonds is 3. The Morgan fingerprint density at radius 1 is 1.53 bits per heavy atom. The van der Waals surface area contributed by atoms with Crippen molar-refractivity contribution >= 4 is 34.8 Å². The summed E-state index contributed by atoms with van der Waals surface area (Å²) >= 11 is 0. The van der Waals surface area contributed by atoms with Gasteiger partial charge < -0.3 is 10.5 Å². The highest BCUT2D eigenvalue weighted by Gasteiger charge is 2.17. The lowest BCUT2D eigenvalue weighted by Crippen LogP contribution is -2.14. The van der Waals surface area contributed by atoms with E-state index in [0.717, 1.165) is 0 Å². The van der Waals surface area contributed by atoms with Crippen LogP contribution in [-0.2, 0) is 9.59 Å². The summed E-state index contributed by atoms with van der Waals surface area (Å²) in [4.78, 5) is 25.8. The fraction of sp³-hybridized carbons (Fsp3) is 0.182. The third-order valence-electron chi connectivity index (χ3n) is 2.15. The molecule has 6 nitrogen and oxygen atoms in total. The zero-order chi connectivity index (χ0) is 12.4. The largest absolute Gasteiger partial charge is 0.703 e. The Kier molecular flexibility index (Phi) is 2.72. The van der Waals surface area contributed by atoms with Crippen molar-refractivity contribution in [3.63, 3.8) is 0 Å². The molecule has 1 aromatic carbocycles. The number of ketones is 1. The summed E-state index contributed by atoms with van der Waals surface area (Å²) in [5.74, 6) is -0.594. The van der Waals surface area contributed by atoms with Gasteiger partial charge in [0.2, 0.25) is 11.6 Å². The number of benzene rings is 1. The number of amides is 1. The van der Waals surface area contributed by atoms with Gasteiger partial charge in [-0.05, 0) is 19.1 Å². The number of Topliss-reactive ketones (excluding diaryl/α,β-unsaturated/α-hetero) is 1. The predicted octanol–water partition coefficient (Wildman–Crippen LogP) is 1.56. The first-order valence-electron chi connectivity index (χ1n) is 4.93. The maximum absolute atomic E-state index is 11.3. The first-order valence-corrected chi connectivity index (χ1v) is 4.93. The number of anilines is 1. The van der Waals surface area contributed by atoms with E-state index in [1.807, 2.05) is 0 Å². The number of carbonyl (C=O) groups is 2. The van der Waals surface area contributed by atoms with Crippen LogP contribution in [0.4, 0.5) is 17.1 Å². The molecule has 1 heterocycles. The predicted molar refractivity (Wildman–Crippen MR) is 60.8 cm³/mol. The SMILES string of the molecule is CC(=O)CC(=O)Nc1ccc2c(c1)N=C=[N+]2[O-]. The first kappa shape index (κ1) is 11.0. The van der Waals surface area contributed by atoms with Gasteiger partial charge in [-0.3, -0.25) is 9.59 Å². The van der Waals surface area contributed by atoms with E-state index in [1.54, 1.807) is 12.1 Å². The maximum Gasteiger partial charge on any atom is 0.322 e. The summed E-state index contributed by atoms with van der Waals surface area (Å²) in [6, 6.07) is 6.90. The minimum atomic E-state index is -0.387. The van der Waals surface area contributed by atoms with Crippen molar-refractivity contribution in [3.8, 4) is 0 Å². The zero-order valence-electron chi connectivity index (χ0n) is 9.06. The quantitative estimate of drug-likeness (QED) is 0.486. The molecule has 0 unspecified atom stereocenters. The summed E-state index contributed by atoms with van der Waals surface area (Å²) in [5, 5.41) is 13.7. The Morgan fingerprint density at radius 3 is 3.00 bits per heavy atom. The summed E-state index contributed by atoms with van der Waals surface area (Å²) < 4.78 is 0.524. The average Bonchev–Trinajstić information content (AvgIpc) is 2.58. The average molecular weight is 231 g/mol. The molecule has 0 radical (unpaired) electrons. The fourth-order valence-electron chi connectivity index (χ4n) is 1.45. The number of aliphatic imine (C=N–C) groups is 1. The lowest BCUT2D eigenvalue weighted by Gasteiger charge is -2.05. The van der Waals surface area contributed by atoms with Gasteiger partial charge in [-0.25, -0.2) is 0 Å². The number of hydrogen-bond donors (Lipinski definition) is 1. The lowest BCUT2D eigenvalue weighted by atomic mass is 10.2. The second-order valence-electron chi connectivity index (χ2n) is 3.64. The van der Waals surface area contributed by atoms with E-state index in [4.69, 9.17) is 0 Å². The van der Waals surface area contributed by atoms with E-state index in [2.05, 4.69) is 16.3 Å². The molecule has 1 aliphatic heterocycles. The van der Waals surface area contributed by atoms with Crippen LogP contribution in [0.1, 0.15) is 13.3 Å². The van der Waals surface area contributed by atoms with Gasteiger partial charge in [0.25, 0.3) is 0 Å². The van der Waals surface area contributed by atoms with Crippen LogP contribution in [-0.4, -0.2) is 22.4 Å². The molecule has 2 rings (SSSR count). The van der Waals surface area contributed by atoms with Gasteiger partial charge in [0.05, 0.1) is 6.42 Å². The number of carbonyl (C=O) groups excluding carboxylic acids is 2. The molecular weight excluding hydrogens is 222 g/mol. The van der Waals surface area contributed by atoms with Crippen LogP contribution in [0.5, 0.6) is 0 Å². The van der Waals surface area contributed by atoms with Crippen LogP contribution in [0.15, 0.2) is 23.2 Å². The standard InChI is InChI=1S/C11H9N3O3/c1-7(15)4-11(16)13-8-2-3-10-9(5-8)12-6-14(10)17/h2-3,5H,4H2,1H3,(H,13,16). The van der Waals surface area contributed by atoms with E-state index in [-0.39, 0.29) is 18.1 Å². The van der Waals surface area contributed by atoms with Crippen molar-refractivity contribution in [2.24, 2.45) is 4.99 Å². The second kappa shape index (κ2) is 4.19. The van der Waals surface area contributed by atoms with E-state index >= 15 is 0 Å². The van der Waals surface area contributed by atoms with Crippen LogP contribution < -0.4 is 5.32 Å². The molecule has 1 aromatic rings. The van der Waals surface area contributed by atoms with Gasteiger partial charge >= 0.3 is 6.01 Å². The Hall–Kier alpha value is -2.46. The van der Waals surface area contributed by atoms with Crippen molar-refractivity contribution in [2.45, 2.75) is 13.3 Å². The molecule has 1 N–H and O–H groups in total. The molecule has 0 saturated heterocycles. The maximum atomic E-state index is 11.3. The Bertz CT molecular complexity index is 571. The molecule has 0 atom stereocenters. The smallest absolute Gasteiger partial charge is 0.322 e. The molecule has 0 aliphatic carbocycles. The molecule has 0 aromatic heterocycles. The first-order chi connectivity index (χ1) is 8.06. The molecular formula is C11H9N3O3. The van der Waals surface area contributed by atoms with E-state index < -0.39 is 0 Å². The van der Waals surface area contributed by atoms with Crippen molar-refractivity contribution in [1.29, 1.82) is 0 Å². The van der Waals surface area contributed by atoms with Crippen LogP contribution >= 0.6 is 0 Å². The minimum absolute atomic E-state index is 0.167. The number of fused-ring (bicyclic) bond motifs is 1. The third-order valence-corrected chi connectivity index (χ3v) is 2.15. The molecule has 1 amide bonds. The van der Waals surface area contributed by atoms with Gasteiger partial charge in [-0.2, -0.15) is 4.74 Å². The van der Waals surface area contributed by atoms with E-state index in [9.17, 15) is 14.8 Å². The van der Waals surface area contributed by atoms with E-state index in [1.165, 1.54) is 13.0 Å². The second-order valence-corrected chi connectivity index (χ2v) is 3.64. The Balaban J connectivity index is 2.13. The molecule has 17 heavy (non-hydrogen) atoms. The van der Waals surface area contributed by atoms with Crippen LogP contribution in [0.3, 0.4) is 0 Å². The fourth-order valence-corrected chi connectivity index (χ4v) is 1.45. The van der Waals surface area contributed by atoms with Gasteiger partial charge in [-0.1, -0.05) is 0 Å². The summed E-state index contributed by atoms with van der Waals surface area (Å²) in [6.45, 7) is 1.34. The van der Waals surface area contributed by atoms with E-state index in [0.29, 0.717) is 21.8 Å². The summed E-state index contributed by atoms with van der Waals surface area (Å²) in [5.41, 5.74) is 1.33. The molecule has 0 spiro atoms. The number of nitrogens with zero attached hydrogens (tertiary/aromatic N) is 2. The molecule has 86 valence electrons. The lowest BCUT2D eigenvalue weighted by molar-refractivity contribution is -0.348.